The topological polar surface area (TPSA) is 122 Å². The lowest BCUT2D eigenvalue weighted by Gasteiger charge is -2.23. The van der Waals surface area contributed by atoms with E-state index in [1.807, 2.05) is 36.4 Å². The lowest BCUT2D eigenvalue weighted by Crippen LogP contribution is -2.49. The lowest BCUT2D eigenvalue weighted by atomic mass is 10.0. The number of hydrogen-bond donors (Lipinski definition) is 3. The van der Waals surface area contributed by atoms with E-state index in [-0.39, 0.29) is 6.61 Å². The summed E-state index contributed by atoms with van der Waals surface area (Å²) in [4.78, 5) is 35.7. The normalized spacial score (nSPS) is 12.6. The highest BCUT2D eigenvalue weighted by molar-refractivity contribution is 6.30. The summed E-state index contributed by atoms with van der Waals surface area (Å²) in [5.74, 6) is -3.40. The molecule has 3 rings (SSSR count). The molecule has 0 heterocycles. The molecule has 0 aliphatic carbocycles. The maximum Gasteiger partial charge on any atom is 0.336 e. The first-order valence-electron chi connectivity index (χ1n) is 14.5. The second-order valence-electron chi connectivity index (χ2n) is 10.3. The summed E-state index contributed by atoms with van der Waals surface area (Å²) < 4.78 is 10.7. The SMILES string of the molecule is O=C(O)COC(C(=O)O)C(OCCCCCc1ccc2ccccc2c1)C(=O)NCCCCCCc1ccc(Cl)cc1. The maximum atomic E-state index is 12.9. The van der Waals surface area contributed by atoms with E-state index >= 15 is 0 Å². The highest BCUT2D eigenvalue weighted by Crippen LogP contribution is 2.18. The molecule has 42 heavy (non-hydrogen) atoms. The van der Waals surface area contributed by atoms with Crippen molar-refractivity contribution >= 4 is 40.2 Å². The van der Waals surface area contributed by atoms with Gasteiger partial charge in [-0.3, -0.25) is 4.79 Å². The Morgan fingerprint density at radius 1 is 0.714 bits per heavy atom. The summed E-state index contributed by atoms with van der Waals surface area (Å²) >= 11 is 5.92. The molecule has 0 aromatic heterocycles. The van der Waals surface area contributed by atoms with Gasteiger partial charge < -0.3 is 25.0 Å². The Hall–Kier alpha value is -3.46. The Bertz CT molecular complexity index is 1280. The van der Waals surface area contributed by atoms with Crippen LogP contribution in [0.2, 0.25) is 5.02 Å². The van der Waals surface area contributed by atoms with Crippen molar-refractivity contribution in [2.24, 2.45) is 0 Å². The van der Waals surface area contributed by atoms with Crippen LogP contribution in [0, 0.1) is 0 Å². The number of hydrogen-bond acceptors (Lipinski definition) is 5. The zero-order chi connectivity index (χ0) is 30.2. The molecule has 0 radical (unpaired) electrons. The molecule has 0 fully saturated rings. The molecule has 2 atom stereocenters. The number of carbonyl (C=O) groups is 3. The van der Waals surface area contributed by atoms with Gasteiger partial charge in [-0.2, -0.15) is 0 Å². The molecule has 3 aromatic carbocycles. The summed E-state index contributed by atoms with van der Waals surface area (Å²) in [6.07, 6.45) is 4.64. The number of fused-ring (bicyclic) bond motifs is 1. The van der Waals surface area contributed by atoms with E-state index in [2.05, 4.69) is 35.6 Å². The molecule has 0 aliphatic heterocycles. The first kappa shape index (κ1) is 33.0. The number of nitrogens with one attached hydrogen (secondary N) is 1. The van der Waals surface area contributed by atoms with E-state index in [1.54, 1.807) is 0 Å². The fraction of sp³-hybridized carbons (Fsp3) is 0.424. The van der Waals surface area contributed by atoms with Crippen molar-refractivity contribution in [3.8, 4) is 0 Å². The molecular formula is C33H40ClNO7. The molecule has 0 spiro atoms. The van der Waals surface area contributed by atoms with E-state index in [0.717, 1.165) is 51.4 Å². The number of carboxylic acids is 2. The number of carbonyl (C=O) groups excluding carboxylic acids is 1. The number of amides is 1. The highest BCUT2D eigenvalue weighted by atomic mass is 35.5. The van der Waals surface area contributed by atoms with Crippen molar-refractivity contribution in [3.05, 3.63) is 82.9 Å². The Labute approximate surface area is 252 Å². The van der Waals surface area contributed by atoms with Crippen LogP contribution in [0.1, 0.15) is 56.1 Å². The number of unbranched alkanes of at least 4 members (excludes halogenated alkanes) is 5. The van der Waals surface area contributed by atoms with Crippen LogP contribution in [0.3, 0.4) is 0 Å². The fourth-order valence-corrected chi connectivity index (χ4v) is 4.86. The molecule has 1 amide bonds. The highest BCUT2D eigenvalue weighted by Gasteiger charge is 2.36. The van der Waals surface area contributed by atoms with Gasteiger partial charge in [-0.25, -0.2) is 9.59 Å². The molecule has 0 saturated carbocycles. The van der Waals surface area contributed by atoms with Gasteiger partial charge in [0, 0.05) is 18.2 Å². The van der Waals surface area contributed by atoms with Crippen molar-refractivity contribution in [1.29, 1.82) is 0 Å². The monoisotopic (exact) mass is 597 g/mol. The molecule has 2 unspecified atom stereocenters. The van der Waals surface area contributed by atoms with E-state index in [1.165, 1.54) is 21.9 Å². The molecule has 8 nitrogen and oxygen atoms in total. The molecular weight excluding hydrogens is 558 g/mol. The third kappa shape index (κ3) is 11.8. The first-order chi connectivity index (χ1) is 20.3. The largest absolute Gasteiger partial charge is 0.480 e. The van der Waals surface area contributed by atoms with Crippen LogP contribution < -0.4 is 5.32 Å². The van der Waals surface area contributed by atoms with Crippen molar-refractivity contribution in [1.82, 2.24) is 5.32 Å². The van der Waals surface area contributed by atoms with Crippen LogP contribution in [0.4, 0.5) is 0 Å². The molecule has 9 heteroatoms. The van der Waals surface area contributed by atoms with Crippen molar-refractivity contribution in [2.75, 3.05) is 19.8 Å². The Kier molecular flexibility index (Phi) is 14.3. The summed E-state index contributed by atoms with van der Waals surface area (Å²) in [6.45, 7) is -0.332. The van der Waals surface area contributed by atoms with E-state index in [0.29, 0.717) is 18.0 Å². The predicted molar refractivity (Wildman–Crippen MR) is 163 cm³/mol. The molecule has 3 N–H and O–H groups in total. The molecule has 3 aromatic rings. The summed E-state index contributed by atoms with van der Waals surface area (Å²) in [5.41, 5.74) is 2.47. The van der Waals surface area contributed by atoms with Crippen molar-refractivity contribution in [2.45, 2.75) is 70.0 Å². The number of aliphatic carboxylic acids is 2. The van der Waals surface area contributed by atoms with Gasteiger partial charge in [0.25, 0.3) is 5.91 Å². The van der Waals surface area contributed by atoms with Gasteiger partial charge >= 0.3 is 11.9 Å². The van der Waals surface area contributed by atoms with Crippen LogP contribution in [-0.4, -0.2) is 60.0 Å². The number of benzene rings is 3. The number of halogens is 1. The molecule has 0 saturated heterocycles. The van der Waals surface area contributed by atoms with Crippen LogP contribution in [0.25, 0.3) is 10.8 Å². The third-order valence-corrected chi connectivity index (χ3v) is 7.24. The molecule has 226 valence electrons. The summed E-state index contributed by atoms with van der Waals surface area (Å²) in [5, 5.41) is 24.4. The standard InChI is InChI=1S/C33H40ClNO7/c34-28-18-15-24(16-19-28)10-4-1-2-8-20-35-32(38)30(31(33(39)40)42-23-29(36)37)41-21-9-3-5-11-25-14-17-26-12-6-7-13-27(26)22-25/h6-7,12-19,22,30-31H,1-5,8-11,20-21,23H2,(H,35,38)(H,36,37)(H,39,40). The van der Waals surface area contributed by atoms with Gasteiger partial charge in [0.15, 0.2) is 12.2 Å². The van der Waals surface area contributed by atoms with Crippen LogP contribution in [-0.2, 0) is 36.7 Å². The minimum absolute atomic E-state index is 0.153. The smallest absolute Gasteiger partial charge is 0.336 e. The van der Waals surface area contributed by atoms with Crippen molar-refractivity contribution in [3.63, 3.8) is 0 Å². The van der Waals surface area contributed by atoms with Crippen LogP contribution in [0.5, 0.6) is 0 Å². The number of carboxylic acid groups (broad SMARTS) is 2. The van der Waals surface area contributed by atoms with Gasteiger partial charge in [0.1, 0.15) is 6.61 Å². The Morgan fingerprint density at radius 2 is 1.36 bits per heavy atom. The van der Waals surface area contributed by atoms with Crippen LogP contribution >= 0.6 is 11.6 Å². The second kappa shape index (κ2) is 18.2. The Balaban J connectivity index is 1.41. The average molecular weight is 598 g/mol. The minimum Gasteiger partial charge on any atom is -0.480 e. The number of rotatable bonds is 20. The third-order valence-electron chi connectivity index (χ3n) is 6.99. The summed E-state index contributed by atoms with van der Waals surface area (Å²) in [6, 6.07) is 22.4. The second-order valence-corrected chi connectivity index (χ2v) is 10.8. The van der Waals surface area contributed by atoms with E-state index in [9.17, 15) is 19.5 Å². The summed E-state index contributed by atoms with van der Waals surface area (Å²) in [7, 11) is 0. The van der Waals surface area contributed by atoms with Gasteiger partial charge in [0.2, 0.25) is 0 Å². The minimum atomic E-state index is -1.72. The van der Waals surface area contributed by atoms with Crippen molar-refractivity contribution < 1.29 is 34.1 Å². The fourth-order valence-electron chi connectivity index (χ4n) is 4.73. The lowest BCUT2D eigenvalue weighted by molar-refractivity contribution is -0.172. The quantitative estimate of drug-likeness (QED) is 0.135. The van der Waals surface area contributed by atoms with Gasteiger partial charge in [-0.15, -0.1) is 0 Å². The Morgan fingerprint density at radius 3 is 2.07 bits per heavy atom. The van der Waals surface area contributed by atoms with Gasteiger partial charge in [0.05, 0.1) is 0 Å². The predicted octanol–water partition coefficient (Wildman–Crippen LogP) is 6.06. The van der Waals surface area contributed by atoms with Crippen LogP contribution in [0.15, 0.2) is 66.7 Å². The first-order valence-corrected chi connectivity index (χ1v) is 14.9. The number of ether oxygens (including phenoxy) is 2. The molecule has 0 bridgehead atoms. The molecule has 0 aliphatic rings. The van der Waals surface area contributed by atoms with E-state index in [4.69, 9.17) is 26.2 Å². The van der Waals surface area contributed by atoms with Gasteiger partial charge in [-0.05, 0) is 72.6 Å². The number of aryl methyl sites for hydroxylation is 2. The average Bonchev–Trinajstić information content (AvgIpc) is 2.97. The van der Waals surface area contributed by atoms with E-state index < -0.39 is 36.7 Å². The zero-order valence-corrected chi connectivity index (χ0v) is 24.6. The zero-order valence-electron chi connectivity index (χ0n) is 23.8. The van der Waals surface area contributed by atoms with Gasteiger partial charge in [-0.1, -0.05) is 85.5 Å². The maximum absolute atomic E-state index is 12.9.